The van der Waals surface area contributed by atoms with E-state index >= 15 is 0 Å². The monoisotopic (exact) mass is 306 g/mol. The van der Waals surface area contributed by atoms with E-state index in [1.54, 1.807) is 18.2 Å². The van der Waals surface area contributed by atoms with Crippen LogP contribution in [-0.2, 0) is 10.0 Å². The quantitative estimate of drug-likeness (QED) is 0.807. The van der Waals surface area contributed by atoms with Gasteiger partial charge in [-0.2, -0.15) is 0 Å². The molecule has 0 heterocycles. The van der Waals surface area contributed by atoms with Crippen LogP contribution in [-0.4, -0.2) is 21.5 Å². The molecule has 0 bridgehead atoms. The Morgan fingerprint density at radius 3 is 2.69 bits per heavy atom. The number of benzene rings is 1. The van der Waals surface area contributed by atoms with Gasteiger partial charge >= 0.3 is 0 Å². The molecule has 16 heavy (non-hydrogen) atoms. The summed E-state index contributed by atoms with van der Waals surface area (Å²) in [7, 11) is -3.43. The van der Waals surface area contributed by atoms with Crippen LogP contribution in [0.15, 0.2) is 27.6 Å². The first-order valence-electron chi connectivity index (χ1n) is 4.93. The van der Waals surface area contributed by atoms with Crippen LogP contribution in [0, 0.1) is 6.92 Å². The third-order valence-electron chi connectivity index (χ3n) is 2.05. The van der Waals surface area contributed by atoms with Crippen molar-refractivity contribution in [3.8, 4) is 0 Å². The summed E-state index contributed by atoms with van der Waals surface area (Å²) in [4.78, 5) is 0.259. The molecule has 0 atom stereocenters. The van der Waals surface area contributed by atoms with E-state index in [0.717, 1.165) is 5.56 Å². The molecule has 0 fully saturated rings. The van der Waals surface area contributed by atoms with Crippen LogP contribution >= 0.6 is 15.9 Å². The highest BCUT2D eigenvalue weighted by atomic mass is 79.9. The molecule has 1 aromatic carbocycles. The Hall–Kier alpha value is -0.430. The molecule has 0 aliphatic rings. The zero-order valence-corrected chi connectivity index (χ0v) is 11.4. The molecule has 0 aliphatic heterocycles. The maximum atomic E-state index is 11.9. The van der Waals surface area contributed by atoms with Gasteiger partial charge in [-0.05, 0) is 53.5 Å². The van der Waals surface area contributed by atoms with Gasteiger partial charge < -0.3 is 5.73 Å². The van der Waals surface area contributed by atoms with Crippen LogP contribution in [0.4, 0.5) is 0 Å². The zero-order valence-electron chi connectivity index (χ0n) is 9.03. The van der Waals surface area contributed by atoms with Gasteiger partial charge in [0, 0.05) is 11.0 Å². The number of nitrogens with one attached hydrogen (secondary N) is 1. The molecule has 6 heteroatoms. The van der Waals surface area contributed by atoms with Crippen LogP contribution in [0.5, 0.6) is 0 Å². The van der Waals surface area contributed by atoms with E-state index in [1.807, 2.05) is 6.92 Å². The molecule has 0 saturated carbocycles. The van der Waals surface area contributed by atoms with Crippen LogP contribution in [0.1, 0.15) is 12.0 Å². The fourth-order valence-electron chi connectivity index (χ4n) is 1.21. The second-order valence-electron chi connectivity index (χ2n) is 3.47. The van der Waals surface area contributed by atoms with Gasteiger partial charge in [0.05, 0.1) is 4.90 Å². The Bertz CT molecular complexity index is 460. The average molecular weight is 307 g/mol. The first kappa shape index (κ1) is 13.6. The van der Waals surface area contributed by atoms with Crippen molar-refractivity contribution in [2.75, 3.05) is 13.1 Å². The summed E-state index contributed by atoms with van der Waals surface area (Å²) in [5.41, 5.74) is 6.31. The zero-order chi connectivity index (χ0) is 12.2. The van der Waals surface area contributed by atoms with Crippen LogP contribution in [0.2, 0.25) is 0 Å². The summed E-state index contributed by atoms with van der Waals surface area (Å²) < 4.78 is 26.8. The van der Waals surface area contributed by atoms with Crippen molar-refractivity contribution in [3.05, 3.63) is 28.2 Å². The van der Waals surface area contributed by atoms with E-state index in [1.165, 1.54) is 0 Å². The van der Waals surface area contributed by atoms with Crippen molar-refractivity contribution >= 4 is 26.0 Å². The molecule has 1 aromatic rings. The minimum Gasteiger partial charge on any atom is -0.330 e. The Labute approximate surface area is 104 Å². The van der Waals surface area contributed by atoms with Crippen LogP contribution in [0.3, 0.4) is 0 Å². The first-order valence-corrected chi connectivity index (χ1v) is 7.21. The summed E-state index contributed by atoms with van der Waals surface area (Å²) in [6.45, 7) is 2.74. The highest BCUT2D eigenvalue weighted by Gasteiger charge is 2.16. The van der Waals surface area contributed by atoms with Crippen molar-refractivity contribution in [2.24, 2.45) is 5.73 Å². The van der Waals surface area contributed by atoms with Gasteiger partial charge in [0.1, 0.15) is 0 Å². The molecule has 0 aromatic heterocycles. The van der Waals surface area contributed by atoms with E-state index < -0.39 is 10.0 Å². The topological polar surface area (TPSA) is 72.2 Å². The summed E-state index contributed by atoms with van der Waals surface area (Å²) in [6, 6.07) is 5.13. The van der Waals surface area contributed by atoms with Gasteiger partial charge in [-0.25, -0.2) is 13.1 Å². The van der Waals surface area contributed by atoms with Gasteiger partial charge in [0.15, 0.2) is 0 Å². The third kappa shape index (κ3) is 3.55. The average Bonchev–Trinajstić information content (AvgIpc) is 2.17. The van der Waals surface area contributed by atoms with E-state index in [-0.39, 0.29) is 4.90 Å². The number of aryl methyl sites for hydroxylation is 1. The second kappa shape index (κ2) is 5.77. The molecule has 0 aliphatic carbocycles. The van der Waals surface area contributed by atoms with Gasteiger partial charge in [0.2, 0.25) is 10.0 Å². The van der Waals surface area contributed by atoms with Gasteiger partial charge in [-0.3, -0.25) is 0 Å². The molecule has 0 spiro atoms. The second-order valence-corrected chi connectivity index (χ2v) is 6.06. The van der Waals surface area contributed by atoms with Crippen molar-refractivity contribution in [2.45, 2.75) is 18.2 Å². The van der Waals surface area contributed by atoms with E-state index in [4.69, 9.17) is 5.73 Å². The molecule has 90 valence electrons. The summed E-state index contributed by atoms with van der Waals surface area (Å²) >= 11 is 3.25. The lowest BCUT2D eigenvalue weighted by atomic mass is 10.2. The van der Waals surface area contributed by atoms with Crippen LogP contribution < -0.4 is 10.5 Å². The third-order valence-corrected chi connectivity index (χ3v) is 4.49. The largest absolute Gasteiger partial charge is 0.330 e. The predicted molar refractivity (Wildman–Crippen MR) is 67.7 cm³/mol. The summed E-state index contributed by atoms with van der Waals surface area (Å²) in [5.74, 6) is 0. The maximum absolute atomic E-state index is 11.9. The van der Waals surface area contributed by atoms with E-state index in [0.29, 0.717) is 24.0 Å². The van der Waals surface area contributed by atoms with Gasteiger partial charge in [0.25, 0.3) is 0 Å². The lowest BCUT2D eigenvalue weighted by molar-refractivity contribution is 0.579. The Kier molecular flexibility index (Phi) is 4.91. The molecule has 3 N–H and O–H groups in total. The molecule has 0 amide bonds. The molecule has 1 rings (SSSR count). The minimum absolute atomic E-state index is 0.259. The Morgan fingerprint density at radius 1 is 1.44 bits per heavy atom. The van der Waals surface area contributed by atoms with Gasteiger partial charge in [-0.1, -0.05) is 6.07 Å². The highest BCUT2D eigenvalue weighted by Crippen LogP contribution is 2.22. The lowest BCUT2D eigenvalue weighted by Gasteiger charge is -2.08. The number of nitrogens with two attached hydrogens (primary N) is 1. The molecular formula is C10H15BrN2O2S. The van der Waals surface area contributed by atoms with Crippen molar-refractivity contribution in [1.29, 1.82) is 0 Å². The molecule has 0 radical (unpaired) electrons. The van der Waals surface area contributed by atoms with Crippen molar-refractivity contribution < 1.29 is 8.42 Å². The standard InChI is InChI=1S/C10H15BrN2O2S/c1-8-3-4-10(9(11)7-8)16(14,15)13-6-2-5-12/h3-4,7,13H,2,5-6,12H2,1H3. The maximum Gasteiger partial charge on any atom is 0.241 e. The minimum atomic E-state index is -3.43. The van der Waals surface area contributed by atoms with E-state index in [9.17, 15) is 8.42 Å². The molecule has 0 unspecified atom stereocenters. The lowest BCUT2D eigenvalue weighted by Crippen LogP contribution is -2.26. The Balaban J connectivity index is 2.90. The van der Waals surface area contributed by atoms with Crippen molar-refractivity contribution in [3.63, 3.8) is 0 Å². The molecule has 0 saturated heterocycles. The fraction of sp³-hybridized carbons (Fsp3) is 0.400. The smallest absolute Gasteiger partial charge is 0.241 e. The SMILES string of the molecule is Cc1ccc(S(=O)(=O)NCCCN)c(Br)c1. The normalized spacial score (nSPS) is 11.7. The fourth-order valence-corrected chi connectivity index (χ4v) is 3.47. The molecular weight excluding hydrogens is 292 g/mol. The number of hydrogen-bond donors (Lipinski definition) is 2. The first-order chi connectivity index (χ1) is 7.47. The summed E-state index contributed by atoms with van der Waals surface area (Å²) in [5, 5.41) is 0. The number of sulfonamides is 1. The number of rotatable bonds is 5. The molecule has 4 nitrogen and oxygen atoms in total. The van der Waals surface area contributed by atoms with E-state index in [2.05, 4.69) is 20.7 Å². The summed E-state index contributed by atoms with van der Waals surface area (Å²) in [6.07, 6.45) is 0.628. The van der Waals surface area contributed by atoms with Crippen LogP contribution in [0.25, 0.3) is 0 Å². The predicted octanol–water partition coefficient (Wildman–Crippen LogP) is 1.38. The Morgan fingerprint density at radius 2 is 2.12 bits per heavy atom. The highest BCUT2D eigenvalue weighted by molar-refractivity contribution is 9.10. The number of hydrogen-bond acceptors (Lipinski definition) is 3. The van der Waals surface area contributed by atoms with Gasteiger partial charge in [-0.15, -0.1) is 0 Å². The number of halogens is 1. The van der Waals surface area contributed by atoms with Crippen molar-refractivity contribution in [1.82, 2.24) is 4.72 Å².